The lowest BCUT2D eigenvalue weighted by Crippen LogP contribution is -2.22. The van der Waals surface area contributed by atoms with Crippen LogP contribution >= 0.6 is 0 Å². The number of rotatable bonds is 4. The van der Waals surface area contributed by atoms with E-state index in [4.69, 9.17) is 9.47 Å². The molecule has 22 heavy (non-hydrogen) atoms. The summed E-state index contributed by atoms with van der Waals surface area (Å²) in [5.41, 5.74) is -0.343. The summed E-state index contributed by atoms with van der Waals surface area (Å²) in [4.78, 5) is 11.5. The Bertz CT molecular complexity index is 557. The summed E-state index contributed by atoms with van der Waals surface area (Å²) in [6, 6.07) is 3.69. The van der Waals surface area contributed by atoms with Crippen molar-refractivity contribution in [3.63, 3.8) is 0 Å². The summed E-state index contributed by atoms with van der Waals surface area (Å²) in [5, 5.41) is 0. The van der Waals surface area contributed by atoms with E-state index < -0.39 is 23.7 Å². The smallest absolute Gasteiger partial charge is 0.497 e. The molecule has 0 N–H and O–H groups in total. The summed E-state index contributed by atoms with van der Waals surface area (Å²) in [7, 11) is 1.31. The molecule has 0 aliphatic heterocycles. The molecule has 0 atom stereocenters. The quantitative estimate of drug-likeness (QED) is 0.623. The lowest BCUT2D eigenvalue weighted by Gasteiger charge is -2.17. The zero-order valence-corrected chi connectivity index (χ0v) is 12.7. The van der Waals surface area contributed by atoms with E-state index >= 15 is 0 Å². The monoisotopic (exact) mass is 318 g/mol. The lowest BCUT2D eigenvalue weighted by atomic mass is 10.1. The summed E-state index contributed by atoms with van der Waals surface area (Å²) in [5.74, 6) is -0.866. The third-order valence-corrected chi connectivity index (χ3v) is 2.19. The van der Waals surface area contributed by atoms with Gasteiger partial charge in [0.15, 0.2) is 0 Å². The second-order valence-electron chi connectivity index (χ2n) is 5.36. The van der Waals surface area contributed by atoms with Crippen molar-refractivity contribution in [3.8, 4) is 11.5 Å². The van der Waals surface area contributed by atoms with Crippen LogP contribution in [-0.4, -0.2) is 25.0 Å². The highest BCUT2D eigenvalue weighted by Gasteiger charge is 2.31. The normalized spacial score (nSPS) is 12.3. The molecule has 0 saturated carbocycles. The fourth-order valence-electron chi connectivity index (χ4n) is 1.50. The van der Waals surface area contributed by atoms with Crippen LogP contribution in [0, 0.1) is 0 Å². The Morgan fingerprint density at radius 2 is 1.68 bits per heavy atom. The molecule has 0 aliphatic carbocycles. The van der Waals surface area contributed by atoms with Crippen molar-refractivity contribution in [2.24, 2.45) is 0 Å². The molecule has 1 aromatic rings. The molecular formula is C15H17F3O4. The molecular weight excluding hydrogens is 301 g/mol. The summed E-state index contributed by atoms with van der Waals surface area (Å²) >= 11 is 0. The van der Waals surface area contributed by atoms with Gasteiger partial charge in [0.25, 0.3) is 0 Å². The lowest BCUT2D eigenvalue weighted by molar-refractivity contribution is -0.274. The van der Waals surface area contributed by atoms with Crippen LogP contribution in [-0.2, 0) is 9.53 Å². The Hall–Kier alpha value is -2.18. The molecule has 0 bridgehead atoms. The highest BCUT2D eigenvalue weighted by Crippen LogP contribution is 2.28. The van der Waals surface area contributed by atoms with Gasteiger partial charge in [0.2, 0.25) is 0 Å². The molecule has 122 valence electrons. The molecule has 0 aromatic heterocycles. The number of benzene rings is 1. The van der Waals surface area contributed by atoms with Crippen LogP contribution in [0.5, 0.6) is 11.5 Å². The minimum Gasteiger partial charge on any atom is -0.497 e. The van der Waals surface area contributed by atoms with Crippen molar-refractivity contribution >= 4 is 12.0 Å². The summed E-state index contributed by atoms with van der Waals surface area (Å²) in [6.07, 6.45) is -2.37. The van der Waals surface area contributed by atoms with Crippen molar-refractivity contribution < 1.29 is 32.2 Å². The number of alkyl halides is 3. The van der Waals surface area contributed by atoms with Crippen LogP contribution in [0.4, 0.5) is 13.2 Å². The molecule has 0 unspecified atom stereocenters. The van der Waals surface area contributed by atoms with E-state index in [0.29, 0.717) is 5.56 Å². The van der Waals surface area contributed by atoms with E-state index in [1.54, 1.807) is 20.8 Å². The van der Waals surface area contributed by atoms with Gasteiger partial charge in [0.05, 0.1) is 7.11 Å². The fourth-order valence-corrected chi connectivity index (χ4v) is 1.50. The van der Waals surface area contributed by atoms with E-state index in [1.807, 2.05) is 0 Å². The molecule has 0 fully saturated rings. The highest BCUT2D eigenvalue weighted by atomic mass is 19.4. The van der Waals surface area contributed by atoms with Gasteiger partial charge in [-0.2, -0.15) is 0 Å². The van der Waals surface area contributed by atoms with Crippen molar-refractivity contribution in [1.82, 2.24) is 0 Å². The van der Waals surface area contributed by atoms with Crippen LogP contribution in [0.15, 0.2) is 24.3 Å². The van der Waals surface area contributed by atoms with E-state index in [0.717, 1.165) is 18.2 Å². The Labute approximate surface area is 126 Å². The van der Waals surface area contributed by atoms with Crippen LogP contribution in [0.25, 0.3) is 6.08 Å². The van der Waals surface area contributed by atoms with Gasteiger partial charge in [-0.3, -0.25) is 0 Å². The molecule has 0 amide bonds. The van der Waals surface area contributed by atoms with Crippen molar-refractivity contribution in [1.29, 1.82) is 0 Å². The number of halogens is 3. The number of hydrogen-bond donors (Lipinski definition) is 0. The number of carbonyl (C=O) groups excluding carboxylic acids is 1. The zero-order valence-electron chi connectivity index (χ0n) is 12.7. The first kappa shape index (κ1) is 17.9. The Morgan fingerprint density at radius 1 is 1.09 bits per heavy atom. The van der Waals surface area contributed by atoms with Gasteiger partial charge in [-0.15, -0.1) is 13.2 Å². The first-order chi connectivity index (χ1) is 9.98. The molecule has 0 heterocycles. The minimum atomic E-state index is -4.81. The average molecular weight is 318 g/mol. The molecule has 0 aliphatic rings. The second kappa shape index (κ2) is 6.72. The van der Waals surface area contributed by atoms with Crippen LogP contribution in [0.1, 0.15) is 26.3 Å². The number of esters is 1. The van der Waals surface area contributed by atoms with E-state index in [-0.39, 0.29) is 5.75 Å². The summed E-state index contributed by atoms with van der Waals surface area (Å²) in [6.45, 7) is 5.12. The largest absolute Gasteiger partial charge is 0.573 e. The zero-order chi connectivity index (χ0) is 17.0. The molecule has 4 nitrogen and oxygen atoms in total. The van der Waals surface area contributed by atoms with Crippen molar-refractivity contribution in [3.05, 3.63) is 29.8 Å². The van der Waals surface area contributed by atoms with E-state index in [9.17, 15) is 18.0 Å². The van der Waals surface area contributed by atoms with Crippen LogP contribution < -0.4 is 9.47 Å². The van der Waals surface area contributed by atoms with E-state index in [1.165, 1.54) is 19.3 Å². The molecule has 1 rings (SSSR count). The van der Waals surface area contributed by atoms with Gasteiger partial charge in [-0.1, -0.05) is 0 Å². The molecule has 0 saturated heterocycles. The molecule has 1 aromatic carbocycles. The van der Waals surface area contributed by atoms with Crippen molar-refractivity contribution in [2.75, 3.05) is 7.11 Å². The van der Waals surface area contributed by atoms with Gasteiger partial charge in [-0.05, 0) is 44.5 Å². The van der Waals surface area contributed by atoms with Gasteiger partial charge in [0, 0.05) is 12.1 Å². The maximum atomic E-state index is 12.3. The molecule has 7 heteroatoms. The van der Waals surface area contributed by atoms with Gasteiger partial charge in [0.1, 0.15) is 17.1 Å². The standard InChI is InChI=1S/C15H17F3O4/c1-14(2,3)22-13(19)6-5-10-7-11(20-4)9-12(8-10)21-15(16,17)18/h5-9H,1-4H3/b6-5+. The Morgan fingerprint density at radius 3 is 2.18 bits per heavy atom. The predicted octanol–water partition coefficient (Wildman–Crippen LogP) is 3.95. The maximum Gasteiger partial charge on any atom is 0.573 e. The SMILES string of the molecule is COc1cc(/C=C/C(=O)OC(C)(C)C)cc(OC(F)(F)F)c1. The molecule has 0 spiro atoms. The van der Waals surface area contributed by atoms with E-state index in [2.05, 4.69) is 4.74 Å². The third-order valence-electron chi connectivity index (χ3n) is 2.19. The number of ether oxygens (including phenoxy) is 3. The first-order valence-corrected chi connectivity index (χ1v) is 6.34. The highest BCUT2D eigenvalue weighted by molar-refractivity contribution is 5.87. The van der Waals surface area contributed by atoms with Crippen LogP contribution in [0.3, 0.4) is 0 Å². The van der Waals surface area contributed by atoms with Gasteiger partial charge in [-0.25, -0.2) is 4.79 Å². The number of hydrogen-bond acceptors (Lipinski definition) is 4. The third kappa shape index (κ3) is 7.01. The number of carbonyl (C=O) groups is 1. The minimum absolute atomic E-state index is 0.172. The fraction of sp³-hybridized carbons (Fsp3) is 0.400. The number of methoxy groups -OCH3 is 1. The first-order valence-electron chi connectivity index (χ1n) is 6.34. The van der Waals surface area contributed by atoms with Gasteiger partial charge < -0.3 is 14.2 Å². The Kier molecular flexibility index (Phi) is 5.46. The Balaban J connectivity index is 2.94. The predicted molar refractivity (Wildman–Crippen MR) is 74.6 cm³/mol. The summed E-state index contributed by atoms with van der Waals surface area (Å²) < 4.78 is 50.6. The topological polar surface area (TPSA) is 44.8 Å². The van der Waals surface area contributed by atoms with Crippen LogP contribution in [0.2, 0.25) is 0 Å². The second-order valence-corrected chi connectivity index (χ2v) is 5.36. The van der Waals surface area contributed by atoms with Crippen molar-refractivity contribution in [2.45, 2.75) is 32.7 Å². The van der Waals surface area contributed by atoms with Gasteiger partial charge >= 0.3 is 12.3 Å². The molecule has 0 radical (unpaired) electrons. The maximum absolute atomic E-state index is 12.3. The average Bonchev–Trinajstić information content (AvgIpc) is 2.32.